The molecule has 3 N–H and O–H groups in total. The molecule has 21 heavy (non-hydrogen) atoms. The number of nitrogens with one attached hydrogen (secondary N) is 2. The summed E-state index contributed by atoms with van der Waals surface area (Å²) in [6.45, 7) is 7.39. The summed E-state index contributed by atoms with van der Waals surface area (Å²) in [5.41, 5.74) is 2.60. The molecular weight excluding hydrogens is 262 g/mol. The van der Waals surface area contributed by atoms with Crippen LogP contribution in [0.4, 0.5) is 0 Å². The van der Waals surface area contributed by atoms with Crippen molar-refractivity contribution >= 4 is 0 Å². The van der Waals surface area contributed by atoms with Crippen molar-refractivity contribution in [3.8, 4) is 11.3 Å². The Labute approximate surface area is 126 Å². The highest BCUT2D eigenvalue weighted by Gasteiger charge is 2.21. The molecule has 0 bridgehead atoms. The van der Waals surface area contributed by atoms with Gasteiger partial charge in [0.25, 0.3) is 0 Å². The van der Waals surface area contributed by atoms with E-state index in [0.29, 0.717) is 19.0 Å². The standard InChI is InChI=1S/C17H25N3O/c1-13(2)9-17(3,21)12-18-10-15-11-19-20-16(15)14-7-5-4-6-8-14/h4-8,11,13,18,21H,9-10,12H2,1-3H3,(H,19,20). The third kappa shape index (κ3) is 4.69. The van der Waals surface area contributed by atoms with Gasteiger partial charge in [0.1, 0.15) is 0 Å². The molecule has 1 aromatic heterocycles. The molecule has 1 aromatic carbocycles. The van der Waals surface area contributed by atoms with Crippen LogP contribution < -0.4 is 5.32 Å². The van der Waals surface area contributed by atoms with E-state index in [0.717, 1.165) is 23.2 Å². The first kappa shape index (κ1) is 15.7. The van der Waals surface area contributed by atoms with E-state index in [9.17, 15) is 5.11 Å². The first-order valence-corrected chi connectivity index (χ1v) is 7.49. The number of hydrogen-bond acceptors (Lipinski definition) is 3. The minimum atomic E-state index is -0.676. The number of nitrogens with zero attached hydrogens (tertiary/aromatic N) is 1. The van der Waals surface area contributed by atoms with Crippen LogP contribution in [-0.4, -0.2) is 27.4 Å². The van der Waals surface area contributed by atoms with Gasteiger partial charge in [-0.3, -0.25) is 5.10 Å². The van der Waals surface area contributed by atoms with Crippen LogP contribution in [0, 0.1) is 5.92 Å². The summed E-state index contributed by atoms with van der Waals surface area (Å²) in [7, 11) is 0. The minimum absolute atomic E-state index is 0.482. The van der Waals surface area contributed by atoms with Crippen LogP contribution in [0.5, 0.6) is 0 Å². The van der Waals surface area contributed by atoms with Gasteiger partial charge in [-0.25, -0.2) is 0 Å². The molecule has 1 atom stereocenters. The first-order chi connectivity index (χ1) is 9.98. The van der Waals surface area contributed by atoms with Crippen molar-refractivity contribution in [2.45, 2.75) is 39.3 Å². The summed E-state index contributed by atoms with van der Waals surface area (Å²) in [5.74, 6) is 0.482. The number of rotatable bonds is 7. The molecule has 2 aromatic rings. The van der Waals surface area contributed by atoms with E-state index in [1.807, 2.05) is 31.3 Å². The molecule has 0 spiro atoms. The van der Waals surface area contributed by atoms with Crippen molar-refractivity contribution in [2.24, 2.45) is 5.92 Å². The summed E-state index contributed by atoms with van der Waals surface area (Å²) < 4.78 is 0. The van der Waals surface area contributed by atoms with Crippen molar-refractivity contribution in [1.29, 1.82) is 0 Å². The molecule has 0 aliphatic rings. The Hall–Kier alpha value is -1.65. The van der Waals surface area contributed by atoms with Gasteiger partial charge in [0.15, 0.2) is 0 Å². The maximum absolute atomic E-state index is 10.3. The molecule has 0 saturated heterocycles. The summed E-state index contributed by atoms with van der Waals surface area (Å²) in [4.78, 5) is 0. The van der Waals surface area contributed by atoms with Gasteiger partial charge >= 0.3 is 0 Å². The van der Waals surface area contributed by atoms with Gasteiger partial charge in [-0.05, 0) is 24.8 Å². The van der Waals surface area contributed by atoms with Crippen molar-refractivity contribution in [3.05, 3.63) is 42.1 Å². The summed E-state index contributed by atoms with van der Waals surface area (Å²) >= 11 is 0. The molecule has 0 saturated carbocycles. The monoisotopic (exact) mass is 287 g/mol. The number of benzene rings is 1. The van der Waals surface area contributed by atoms with Crippen LogP contribution in [0.3, 0.4) is 0 Å². The average Bonchev–Trinajstić information content (AvgIpc) is 2.86. The smallest absolute Gasteiger partial charge is 0.0746 e. The third-order valence-corrected chi connectivity index (χ3v) is 3.45. The zero-order chi connectivity index (χ0) is 15.3. The van der Waals surface area contributed by atoms with Crippen LogP contribution in [0.15, 0.2) is 36.5 Å². The van der Waals surface area contributed by atoms with E-state index >= 15 is 0 Å². The fraction of sp³-hybridized carbons (Fsp3) is 0.471. The van der Waals surface area contributed by atoms with Crippen LogP contribution in [0.1, 0.15) is 32.8 Å². The van der Waals surface area contributed by atoms with Gasteiger partial charge in [0.2, 0.25) is 0 Å². The van der Waals surface area contributed by atoms with Gasteiger partial charge in [-0.15, -0.1) is 0 Å². The third-order valence-electron chi connectivity index (χ3n) is 3.45. The summed E-state index contributed by atoms with van der Waals surface area (Å²) in [6.07, 6.45) is 2.63. The van der Waals surface area contributed by atoms with Crippen molar-refractivity contribution < 1.29 is 5.11 Å². The molecule has 1 heterocycles. The lowest BCUT2D eigenvalue weighted by Gasteiger charge is -2.25. The van der Waals surface area contributed by atoms with E-state index in [1.165, 1.54) is 0 Å². The maximum Gasteiger partial charge on any atom is 0.0746 e. The van der Waals surface area contributed by atoms with E-state index < -0.39 is 5.60 Å². The number of hydrogen-bond donors (Lipinski definition) is 3. The van der Waals surface area contributed by atoms with Crippen molar-refractivity contribution in [3.63, 3.8) is 0 Å². The molecular formula is C17H25N3O. The Morgan fingerprint density at radius 3 is 2.67 bits per heavy atom. The molecule has 2 rings (SSSR count). The Kier molecular flexibility index (Phi) is 5.15. The Balaban J connectivity index is 1.95. The number of aliphatic hydroxyl groups is 1. The van der Waals surface area contributed by atoms with Gasteiger partial charge in [0, 0.05) is 18.7 Å². The molecule has 1 unspecified atom stereocenters. The predicted molar refractivity (Wildman–Crippen MR) is 85.8 cm³/mol. The second-order valence-corrected chi connectivity index (χ2v) is 6.33. The highest BCUT2D eigenvalue weighted by atomic mass is 16.3. The van der Waals surface area contributed by atoms with Gasteiger partial charge < -0.3 is 10.4 Å². The SMILES string of the molecule is CC(C)CC(C)(O)CNCc1cn[nH]c1-c1ccccc1. The van der Waals surface area contributed by atoms with Crippen LogP contribution >= 0.6 is 0 Å². The van der Waals surface area contributed by atoms with Gasteiger partial charge in [-0.2, -0.15) is 5.10 Å². The fourth-order valence-electron chi connectivity index (χ4n) is 2.72. The zero-order valence-electron chi connectivity index (χ0n) is 13.1. The zero-order valence-corrected chi connectivity index (χ0v) is 13.1. The number of aromatic amines is 1. The van der Waals surface area contributed by atoms with Gasteiger partial charge in [0.05, 0.1) is 17.5 Å². The van der Waals surface area contributed by atoms with Crippen molar-refractivity contribution in [1.82, 2.24) is 15.5 Å². The molecule has 0 aliphatic heterocycles. The molecule has 0 amide bonds. The topological polar surface area (TPSA) is 60.9 Å². The van der Waals surface area contributed by atoms with E-state index in [-0.39, 0.29) is 0 Å². The fourth-order valence-corrected chi connectivity index (χ4v) is 2.72. The number of H-pyrrole nitrogens is 1. The van der Waals surface area contributed by atoms with E-state index in [1.54, 1.807) is 0 Å². The molecule has 0 fully saturated rings. The summed E-state index contributed by atoms with van der Waals surface area (Å²) in [6, 6.07) is 10.2. The lowest BCUT2D eigenvalue weighted by molar-refractivity contribution is 0.0383. The van der Waals surface area contributed by atoms with Crippen LogP contribution in [0.2, 0.25) is 0 Å². The first-order valence-electron chi connectivity index (χ1n) is 7.49. The highest BCUT2D eigenvalue weighted by molar-refractivity contribution is 5.62. The molecule has 4 heteroatoms. The van der Waals surface area contributed by atoms with E-state index in [4.69, 9.17) is 0 Å². The molecule has 114 valence electrons. The number of aromatic nitrogens is 2. The second-order valence-electron chi connectivity index (χ2n) is 6.33. The van der Waals surface area contributed by atoms with Crippen LogP contribution in [0.25, 0.3) is 11.3 Å². The Morgan fingerprint density at radius 2 is 2.00 bits per heavy atom. The molecule has 0 radical (unpaired) electrons. The normalized spacial score (nSPS) is 14.3. The second kappa shape index (κ2) is 6.87. The summed E-state index contributed by atoms with van der Waals surface area (Å²) in [5, 5.41) is 20.8. The molecule has 0 aliphatic carbocycles. The Bertz CT molecular complexity index is 546. The molecule has 4 nitrogen and oxygen atoms in total. The Morgan fingerprint density at radius 1 is 1.29 bits per heavy atom. The largest absolute Gasteiger partial charge is 0.389 e. The quantitative estimate of drug-likeness (QED) is 0.733. The average molecular weight is 287 g/mol. The maximum atomic E-state index is 10.3. The predicted octanol–water partition coefficient (Wildman–Crippen LogP) is 2.96. The lowest BCUT2D eigenvalue weighted by Crippen LogP contribution is -2.38. The van der Waals surface area contributed by atoms with Gasteiger partial charge in [-0.1, -0.05) is 44.2 Å². The van der Waals surface area contributed by atoms with Crippen LogP contribution in [-0.2, 0) is 6.54 Å². The lowest BCUT2D eigenvalue weighted by atomic mass is 9.94. The van der Waals surface area contributed by atoms with E-state index in [2.05, 4.69) is 41.5 Å². The van der Waals surface area contributed by atoms with Crippen molar-refractivity contribution in [2.75, 3.05) is 6.54 Å². The highest BCUT2D eigenvalue weighted by Crippen LogP contribution is 2.21. The minimum Gasteiger partial charge on any atom is -0.389 e.